The summed E-state index contributed by atoms with van der Waals surface area (Å²) >= 11 is 0. The molecule has 0 aromatic carbocycles. The van der Waals surface area contributed by atoms with Crippen LogP contribution >= 0.6 is 0 Å². The lowest BCUT2D eigenvalue weighted by Crippen LogP contribution is -2.34. The lowest BCUT2D eigenvalue weighted by molar-refractivity contribution is -0.0824. The van der Waals surface area contributed by atoms with E-state index < -0.39 is 30.2 Å². The quantitative estimate of drug-likeness (QED) is 0.550. The number of aliphatic hydroxyl groups excluding tert-OH is 2. The van der Waals surface area contributed by atoms with Crippen LogP contribution in [0.4, 0.5) is 5.82 Å². The first-order valence-electron chi connectivity index (χ1n) is 5.30. The van der Waals surface area contributed by atoms with E-state index in [2.05, 4.69) is 10.9 Å². The van der Waals surface area contributed by atoms with Crippen molar-refractivity contribution in [3.63, 3.8) is 0 Å². The lowest BCUT2D eigenvalue weighted by Gasteiger charge is -2.21. The molecular formula is C11H13N3O4. The molecule has 0 bridgehead atoms. The van der Waals surface area contributed by atoms with Gasteiger partial charge < -0.3 is 20.7 Å². The van der Waals surface area contributed by atoms with E-state index in [9.17, 15) is 15.0 Å². The third-order valence-electron chi connectivity index (χ3n) is 2.86. The van der Waals surface area contributed by atoms with Crippen LogP contribution in [0, 0.1) is 12.3 Å². The Morgan fingerprint density at radius 2 is 2.50 bits per heavy atom. The molecule has 1 aromatic heterocycles. The zero-order valence-electron chi connectivity index (χ0n) is 9.48. The Labute approximate surface area is 103 Å². The number of hydrogen-bond donors (Lipinski definition) is 3. The summed E-state index contributed by atoms with van der Waals surface area (Å²) in [6, 6.07) is 1.41. The second kappa shape index (κ2) is 4.42. The molecule has 2 heterocycles. The highest BCUT2D eigenvalue weighted by atomic mass is 16.6. The lowest BCUT2D eigenvalue weighted by atomic mass is 10.0. The topological polar surface area (TPSA) is 111 Å². The van der Waals surface area contributed by atoms with Crippen molar-refractivity contribution in [2.45, 2.75) is 24.4 Å². The van der Waals surface area contributed by atoms with Gasteiger partial charge in [-0.3, -0.25) is 4.57 Å². The van der Waals surface area contributed by atoms with Crippen molar-refractivity contribution >= 4 is 5.82 Å². The third kappa shape index (κ3) is 1.97. The van der Waals surface area contributed by atoms with E-state index in [-0.39, 0.29) is 12.2 Å². The Balaban J connectivity index is 2.36. The Morgan fingerprint density at radius 3 is 3.00 bits per heavy atom. The number of terminal acetylenes is 1. The predicted molar refractivity (Wildman–Crippen MR) is 62.3 cm³/mol. The van der Waals surface area contributed by atoms with Gasteiger partial charge in [0.25, 0.3) is 0 Å². The largest absolute Gasteiger partial charge is 0.392 e. The minimum Gasteiger partial charge on any atom is -0.392 e. The van der Waals surface area contributed by atoms with E-state index in [4.69, 9.17) is 16.9 Å². The smallest absolute Gasteiger partial charge is 0.351 e. The summed E-state index contributed by atoms with van der Waals surface area (Å²) in [5, 5.41) is 19.1. The fourth-order valence-corrected chi connectivity index (χ4v) is 1.90. The highest BCUT2D eigenvalue weighted by molar-refractivity contribution is 5.24. The van der Waals surface area contributed by atoms with Gasteiger partial charge in [-0.2, -0.15) is 4.98 Å². The van der Waals surface area contributed by atoms with Gasteiger partial charge >= 0.3 is 5.69 Å². The summed E-state index contributed by atoms with van der Waals surface area (Å²) in [5.41, 5.74) is 3.45. The second-order valence-electron chi connectivity index (χ2n) is 4.12. The number of nitrogens with zero attached hydrogens (tertiary/aromatic N) is 2. The van der Waals surface area contributed by atoms with Crippen LogP contribution in [-0.4, -0.2) is 38.1 Å². The zero-order valence-corrected chi connectivity index (χ0v) is 9.48. The van der Waals surface area contributed by atoms with Gasteiger partial charge in [-0.25, -0.2) is 4.79 Å². The van der Waals surface area contributed by atoms with Crippen molar-refractivity contribution in [3.8, 4) is 12.3 Å². The number of aliphatic hydroxyl groups is 2. The number of nitrogen functional groups attached to an aromatic ring is 1. The molecule has 1 aliphatic rings. The van der Waals surface area contributed by atoms with Crippen molar-refractivity contribution < 1.29 is 14.9 Å². The number of anilines is 1. The number of rotatable bonds is 2. The molecule has 1 saturated heterocycles. The molecule has 4 N–H and O–H groups in total. The van der Waals surface area contributed by atoms with Crippen LogP contribution in [0.25, 0.3) is 0 Å². The predicted octanol–water partition coefficient (Wildman–Crippen LogP) is -1.53. The molecule has 0 spiro atoms. The second-order valence-corrected chi connectivity index (χ2v) is 4.12. The van der Waals surface area contributed by atoms with Crippen molar-refractivity contribution in [1.82, 2.24) is 9.55 Å². The molecule has 0 saturated carbocycles. The van der Waals surface area contributed by atoms with Gasteiger partial charge in [-0.1, -0.05) is 5.92 Å². The van der Waals surface area contributed by atoms with E-state index in [1.54, 1.807) is 0 Å². The molecular weight excluding hydrogens is 238 g/mol. The van der Waals surface area contributed by atoms with Crippen molar-refractivity contribution in [1.29, 1.82) is 0 Å². The molecule has 0 aliphatic carbocycles. The molecule has 0 radical (unpaired) electrons. The maximum Gasteiger partial charge on any atom is 0.351 e. The minimum atomic E-state index is -1.27. The van der Waals surface area contributed by atoms with Crippen molar-refractivity contribution in [2.75, 3.05) is 12.3 Å². The first-order chi connectivity index (χ1) is 8.51. The molecule has 18 heavy (non-hydrogen) atoms. The molecule has 0 amide bonds. The van der Waals surface area contributed by atoms with E-state index in [1.807, 2.05) is 0 Å². The van der Waals surface area contributed by atoms with Crippen LogP contribution in [0.1, 0.15) is 12.6 Å². The Morgan fingerprint density at radius 1 is 1.78 bits per heavy atom. The summed E-state index contributed by atoms with van der Waals surface area (Å²) in [6.45, 7) is -0.436. The van der Waals surface area contributed by atoms with Crippen LogP contribution in [0.3, 0.4) is 0 Å². The SMILES string of the molecule is C#CC1(CO)CC(O)C(n2ccc(N)nc2=O)O1. The molecule has 1 aliphatic heterocycles. The van der Waals surface area contributed by atoms with Gasteiger partial charge in [0.1, 0.15) is 11.9 Å². The average molecular weight is 251 g/mol. The standard InChI is InChI=1S/C11H13N3O4/c1-2-11(6-15)5-7(16)9(18-11)14-4-3-8(12)13-10(14)17/h1,3-4,7,9,15-16H,5-6H2,(H2,12,13,17). The Bertz CT molecular complexity index is 550. The number of ether oxygens (including phenoxy) is 1. The fourth-order valence-electron chi connectivity index (χ4n) is 1.90. The van der Waals surface area contributed by atoms with E-state index in [0.29, 0.717) is 0 Å². The first-order valence-corrected chi connectivity index (χ1v) is 5.30. The highest BCUT2D eigenvalue weighted by Gasteiger charge is 2.45. The van der Waals surface area contributed by atoms with Gasteiger partial charge in [0.15, 0.2) is 11.8 Å². The van der Waals surface area contributed by atoms with Gasteiger partial charge in [0.05, 0.1) is 6.61 Å². The molecule has 7 nitrogen and oxygen atoms in total. The summed E-state index contributed by atoms with van der Waals surface area (Å²) in [4.78, 5) is 15.2. The van der Waals surface area contributed by atoms with Crippen molar-refractivity contribution in [3.05, 3.63) is 22.7 Å². The van der Waals surface area contributed by atoms with E-state index in [1.165, 1.54) is 12.3 Å². The maximum atomic E-state index is 11.6. The highest BCUT2D eigenvalue weighted by Crippen LogP contribution is 2.35. The summed E-state index contributed by atoms with van der Waals surface area (Å²) in [7, 11) is 0. The Kier molecular flexibility index (Phi) is 3.09. The first kappa shape index (κ1) is 12.6. The van der Waals surface area contributed by atoms with Crippen LogP contribution in [-0.2, 0) is 4.74 Å². The normalized spacial score (nSPS) is 31.2. The maximum absolute atomic E-state index is 11.6. The van der Waals surface area contributed by atoms with Gasteiger partial charge in [0.2, 0.25) is 0 Å². The van der Waals surface area contributed by atoms with E-state index >= 15 is 0 Å². The van der Waals surface area contributed by atoms with Crippen molar-refractivity contribution in [2.24, 2.45) is 0 Å². The van der Waals surface area contributed by atoms with E-state index in [0.717, 1.165) is 4.57 Å². The minimum absolute atomic E-state index is 0.0431. The summed E-state index contributed by atoms with van der Waals surface area (Å²) < 4.78 is 6.51. The summed E-state index contributed by atoms with van der Waals surface area (Å²) in [5.74, 6) is 2.37. The summed E-state index contributed by atoms with van der Waals surface area (Å²) in [6.07, 6.45) is 4.70. The molecule has 3 atom stereocenters. The fraction of sp³-hybridized carbons (Fsp3) is 0.455. The third-order valence-corrected chi connectivity index (χ3v) is 2.86. The molecule has 3 unspecified atom stereocenters. The van der Waals surface area contributed by atoms with Crippen LogP contribution in [0.15, 0.2) is 17.1 Å². The van der Waals surface area contributed by atoms with Gasteiger partial charge in [-0.05, 0) is 6.07 Å². The van der Waals surface area contributed by atoms with Gasteiger partial charge in [-0.15, -0.1) is 6.42 Å². The molecule has 2 rings (SSSR count). The number of aromatic nitrogens is 2. The van der Waals surface area contributed by atoms with Crippen LogP contribution in [0.2, 0.25) is 0 Å². The zero-order chi connectivity index (χ0) is 13.3. The van der Waals surface area contributed by atoms with Crippen LogP contribution in [0.5, 0.6) is 0 Å². The van der Waals surface area contributed by atoms with Crippen LogP contribution < -0.4 is 11.4 Å². The monoisotopic (exact) mass is 251 g/mol. The Hall–Kier alpha value is -1.88. The number of hydrogen-bond acceptors (Lipinski definition) is 6. The molecule has 7 heteroatoms. The average Bonchev–Trinajstić information content (AvgIpc) is 2.67. The molecule has 1 fully saturated rings. The van der Waals surface area contributed by atoms with Gasteiger partial charge in [0, 0.05) is 12.6 Å². The molecule has 96 valence electrons. The molecule has 1 aromatic rings. The number of nitrogens with two attached hydrogens (primary N) is 1.